The topological polar surface area (TPSA) is 84.0 Å². The molecule has 0 saturated heterocycles. The molecule has 1 aromatic carbocycles. The average molecular weight is 200 g/mol. The number of halogens is 1. The van der Waals surface area contributed by atoms with Crippen LogP contribution in [0.4, 0.5) is 5.69 Å². The van der Waals surface area contributed by atoms with Gasteiger partial charge in [0.05, 0.1) is 15.5 Å². The molecule has 0 aliphatic rings. The highest BCUT2D eigenvalue weighted by molar-refractivity contribution is 6.33. The monoisotopic (exact) mass is 199 g/mol. The molecule has 0 aliphatic carbocycles. The highest BCUT2D eigenvalue weighted by Gasteiger charge is 2.13. The maximum atomic E-state index is 10.6. The molecule has 1 amide bonds. The fraction of sp³-hybridized carbons (Fsp3) is 0. The van der Waals surface area contributed by atoms with Crippen molar-refractivity contribution in [3.05, 3.63) is 38.9 Å². The van der Waals surface area contributed by atoms with Crippen molar-refractivity contribution in [2.24, 2.45) is 0 Å². The molecule has 0 unspecified atom stereocenters. The molecule has 13 heavy (non-hydrogen) atoms. The maximum absolute atomic E-state index is 10.6. The van der Waals surface area contributed by atoms with E-state index in [1.807, 2.05) is 0 Å². The van der Waals surface area contributed by atoms with Crippen molar-refractivity contribution in [3.8, 4) is 0 Å². The number of nitrogens with one attached hydrogen (secondary N) is 1. The zero-order chi connectivity index (χ0) is 10.0. The largest absolute Gasteiger partial charge is 0.271 e. The molecule has 1 radical (unpaired) electrons. The van der Waals surface area contributed by atoms with Gasteiger partial charge in [0.15, 0.2) is 0 Å². The van der Waals surface area contributed by atoms with E-state index in [1.54, 1.807) is 0 Å². The van der Waals surface area contributed by atoms with Gasteiger partial charge in [-0.3, -0.25) is 20.6 Å². The van der Waals surface area contributed by atoms with Crippen molar-refractivity contribution in [1.82, 2.24) is 5.73 Å². The van der Waals surface area contributed by atoms with Crippen LogP contribution in [0.1, 0.15) is 10.4 Å². The van der Waals surface area contributed by atoms with E-state index in [2.05, 4.69) is 0 Å². The second-order valence-electron chi connectivity index (χ2n) is 2.25. The molecule has 0 spiro atoms. The molecule has 1 rings (SSSR count). The third-order valence-electron chi connectivity index (χ3n) is 1.41. The molecule has 1 N–H and O–H groups in total. The standard InChI is InChI=1S/C7H4ClN2O3/c8-6-2-1-4(10(12)13)3-5(6)7(9)11/h1-3,9H. The van der Waals surface area contributed by atoms with Gasteiger partial charge in [-0.15, -0.1) is 0 Å². The van der Waals surface area contributed by atoms with Gasteiger partial charge in [0.2, 0.25) is 0 Å². The van der Waals surface area contributed by atoms with Crippen LogP contribution in [0.5, 0.6) is 0 Å². The number of nitro groups is 1. The number of carbonyl (C=O) groups excluding carboxylic acids is 1. The van der Waals surface area contributed by atoms with Crippen LogP contribution in [-0.4, -0.2) is 10.8 Å². The minimum atomic E-state index is -1.03. The lowest BCUT2D eigenvalue weighted by Crippen LogP contribution is -2.01. The number of non-ortho nitro benzene ring substituents is 1. The summed E-state index contributed by atoms with van der Waals surface area (Å²) < 4.78 is 0. The summed E-state index contributed by atoms with van der Waals surface area (Å²) in [5.74, 6) is -1.03. The molecular weight excluding hydrogens is 196 g/mol. The molecule has 0 atom stereocenters. The lowest BCUT2D eigenvalue weighted by atomic mass is 10.2. The zero-order valence-electron chi connectivity index (χ0n) is 6.28. The van der Waals surface area contributed by atoms with Gasteiger partial charge in [-0.05, 0) is 6.07 Å². The van der Waals surface area contributed by atoms with Crippen LogP contribution in [0, 0.1) is 10.1 Å². The number of amides is 1. The molecule has 1 aromatic rings. The van der Waals surface area contributed by atoms with Crippen molar-refractivity contribution in [2.75, 3.05) is 0 Å². The van der Waals surface area contributed by atoms with E-state index in [4.69, 9.17) is 17.3 Å². The van der Waals surface area contributed by atoms with E-state index < -0.39 is 10.8 Å². The summed E-state index contributed by atoms with van der Waals surface area (Å²) >= 11 is 5.53. The Morgan fingerprint density at radius 3 is 2.62 bits per heavy atom. The van der Waals surface area contributed by atoms with Crippen LogP contribution >= 0.6 is 11.6 Å². The Morgan fingerprint density at radius 2 is 2.15 bits per heavy atom. The van der Waals surface area contributed by atoms with Crippen molar-refractivity contribution in [3.63, 3.8) is 0 Å². The van der Waals surface area contributed by atoms with Gasteiger partial charge >= 0.3 is 0 Å². The number of hydrogen-bond donors (Lipinski definition) is 0. The maximum Gasteiger partial charge on any atom is 0.271 e. The van der Waals surface area contributed by atoms with E-state index in [9.17, 15) is 14.9 Å². The molecule has 0 heterocycles. The van der Waals surface area contributed by atoms with Crippen LogP contribution < -0.4 is 5.73 Å². The molecule has 0 bridgehead atoms. The molecule has 5 nitrogen and oxygen atoms in total. The SMILES string of the molecule is [NH]C(=O)c1cc([N+](=O)[O-])ccc1Cl. The van der Waals surface area contributed by atoms with Crippen LogP contribution in [0.2, 0.25) is 5.02 Å². The Hall–Kier alpha value is -1.62. The van der Waals surface area contributed by atoms with Crippen molar-refractivity contribution in [2.45, 2.75) is 0 Å². The van der Waals surface area contributed by atoms with Gasteiger partial charge < -0.3 is 0 Å². The van der Waals surface area contributed by atoms with Gasteiger partial charge in [-0.1, -0.05) is 11.6 Å². The second kappa shape index (κ2) is 3.40. The van der Waals surface area contributed by atoms with Gasteiger partial charge in [-0.25, -0.2) is 0 Å². The smallest absolute Gasteiger partial charge is 0.267 e. The number of nitrogens with zero attached hydrogens (tertiary/aromatic N) is 1. The van der Waals surface area contributed by atoms with Gasteiger partial charge in [0, 0.05) is 12.1 Å². The molecule has 0 aliphatic heterocycles. The number of hydrogen-bond acceptors (Lipinski definition) is 3. The lowest BCUT2D eigenvalue weighted by Gasteiger charge is -1.97. The summed E-state index contributed by atoms with van der Waals surface area (Å²) in [6, 6.07) is 3.38. The number of rotatable bonds is 2. The first-order valence-electron chi connectivity index (χ1n) is 3.22. The third-order valence-corrected chi connectivity index (χ3v) is 1.73. The van der Waals surface area contributed by atoms with E-state index in [0.717, 1.165) is 6.07 Å². The fourth-order valence-electron chi connectivity index (χ4n) is 0.801. The summed E-state index contributed by atoms with van der Waals surface area (Å²) in [6.07, 6.45) is 0. The van der Waals surface area contributed by atoms with Gasteiger partial charge in [-0.2, -0.15) is 0 Å². The summed E-state index contributed by atoms with van der Waals surface area (Å²) in [4.78, 5) is 20.2. The molecule has 0 aromatic heterocycles. The molecule has 6 heteroatoms. The first-order valence-corrected chi connectivity index (χ1v) is 3.60. The Kier molecular flexibility index (Phi) is 2.48. The lowest BCUT2D eigenvalue weighted by molar-refractivity contribution is -0.384. The molecule has 0 saturated carbocycles. The van der Waals surface area contributed by atoms with E-state index in [-0.39, 0.29) is 16.3 Å². The minimum absolute atomic E-state index is 0.0469. The predicted octanol–water partition coefficient (Wildman–Crippen LogP) is 1.67. The molecule has 67 valence electrons. The second-order valence-corrected chi connectivity index (χ2v) is 2.66. The summed E-state index contributed by atoms with van der Waals surface area (Å²) in [6.45, 7) is 0. The third kappa shape index (κ3) is 1.94. The van der Waals surface area contributed by atoms with Gasteiger partial charge in [0.1, 0.15) is 0 Å². The zero-order valence-corrected chi connectivity index (χ0v) is 7.04. The van der Waals surface area contributed by atoms with Crippen molar-refractivity contribution in [1.29, 1.82) is 0 Å². The Morgan fingerprint density at radius 1 is 1.54 bits per heavy atom. The van der Waals surface area contributed by atoms with E-state index in [1.165, 1.54) is 12.1 Å². The fourth-order valence-corrected chi connectivity index (χ4v) is 1.00. The normalized spacial score (nSPS) is 9.62. The van der Waals surface area contributed by atoms with Crippen molar-refractivity contribution >= 4 is 23.2 Å². The number of benzene rings is 1. The van der Waals surface area contributed by atoms with Gasteiger partial charge in [0.25, 0.3) is 11.6 Å². The molecule has 0 fully saturated rings. The van der Waals surface area contributed by atoms with Crippen LogP contribution in [-0.2, 0) is 0 Å². The molecular formula is C7H4ClN2O3. The van der Waals surface area contributed by atoms with E-state index >= 15 is 0 Å². The van der Waals surface area contributed by atoms with Crippen molar-refractivity contribution < 1.29 is 9.72 Å². The minimum Gasteiger partial charge on any atom is -0.267 e. The highest BCUT2D eigenvalue weighted by atomic mass is 35.5. The quantitative estimate of drug-likeness (QED) is 0.536. The Labute approximate surface area is 78.3 Å². The van der Waals surface area contributed by atoms with Crippen LogP contribution in [0.3, 0.4) is 0 Å². The number of carbonyl (C=O) groups is 1. The van der Waals surface area contributed by atoms with Crippen LogP contribution in [0.15, 0.2) is 18.2 Å². The summed E-state index contributed by atoms with van der Waals surface area (Å²) in [5, 5.41) is 10.3. The van der Waals surface area contributed by atoms with E-state index in [0.29, 0.717) is 0 Å². The Balaban J connectivity index is 3.27. The summed E-state index contributed by atoms with van der Waals surface area (Å²) in [5.41, 5.74) is 6.34. The number of nitro benzene ring substituents is 1. The first kappa shape index (κ1) is 9.47. The van der Waals surface area contributed by atoms with Crippen LogP contribution in [0.25, 0.3) is 0 Å². The summed E-state index contributed by atoms with van der Waals surface area (Å²) in [7, 11) is 0. The Bertz CT molecular complexity index is 378. The predicted molar refractivity (Wildman–Crippen MR) is 45.5 cm³/mol. The first-order chi connectivity index (χ1) is 6.02. The average Bonchev–Trinajstić information content (AvgIpc) is 2.04. The highest BCUT2D eigenvalue weighted by Crippen LogP contribution is 2.21.